The molecule has 0 spiro atoms. The second-order valence-corrected chi connectivity index (χ2v) is 10.5. The van der Waals surface area contributed by atoms with Gasteiger partial charge in [0.1, 0.15) is 0 Å². The van der Waals surface area contributed by atoms with Crippen molar-refractivity contribution in [2.75, 3.05) is 42.4 Å². The summed E-state index contributed by atoms with van der Waals surface area (Å²) in [5, 5.41) is 0.690. The van der Waals surface area contributed by atoms with Gasteiger partial charge in [-0.15, -0.1) is 0 Å². The van der Waals surface area contributed by atoms with E-state index < -0.39 is 10.0 Å². The SMILES string of the molecule is Cc1ccc(N(C)S(=O)(=O)c2cccc(C(=O)N3CCN(c4ccc(Cl)cc4)CC3)c2)cc1. The summed E-state index contributed by atoms with van der Waals surface area (Å²) < 4.78 is 27.6. The standard InChI is InChI=1S/C25H26ClN3O3S/c1-19-6-10-22(11-7-19)27(2)33(31,32)24-5-3-4-20(18-24)25(30)29-16-14-28(15-17-29)23-12-8-21(26)9-13-23/h3-13,18H,14-17H2,1-2H3. The van der Waals surface area contributed by atoms with Gasteiger partial charge in [0, 0.05) is 49.5 Å². The normalized spacial score (nSPS) is 14.3. The molecule has 1 aliphatic heterocycles. The minimum absolute atomic E-state index is 0.0937. The van der Waals surface area contributed by atoms with Crippen LogP contribution in [-0.4, -0.2) is 52.5 Å². The number of hydrogen-bond donors (Lipinski definition) is 0. The van der Waals surface area contributed by atoms with Crippen LogP contribution >= 0.6 is 11.6 Å². The van der Waals surface area contributed by atoms with Crippen molar-refractivity contribution in [3.63, 3.8) is 0 Å². The first-order chi connectivity index (χ1) is 15.8. The number of carbonyl (C=O) groups excluding carboxylic acids is 1. The Bertz CT molecular complexity index is 1240. The second-order valence-electron chi connectivity index (χ2n) is 8.09. The van der Waals surface area contributed by atoms with Crippen molar-refractivity contribution in [3.8, 4) is 0 Å². The van der Waals surface area contributed by atoms with Gasteiger partial charge < -0.3 is 9.80 Å². The molecule has 4 rings (SSSR count). The summed E-state index contributed by atoms with van der Waals surface area (Å²) in [6.45, 7) is 4.45. The minimum atomic E-state index is -3.80. The van der Waals surface area contributed by atoms with Crippen LogP contribution in [0.15, 0.2) is 77.7 Å². The Morgan fingerprint density at radius 1 is 0.909 bits per heavy atom. The first-order valence-corrected chi connectivity index (χ1v) is 12.5. The molecule has 1 aliphatic rings. The predicted molar refractivity (Wildman–Crippen MR) is 133 cm³/mol. The minimum Gasteiger partial charge on any atom is -0.368 e. The molecular weight excluding hydrogens is 458 g/mol. The average Bonchev–Trinajstić information content (AvgIpc) is 2.84. The maximum atomic E-state index is 13.2. The molecule has 0 atom stereocenters. The van der Waals surface area contributed by atoms with Crippen LogP contribution in [0.25, 0.3) is 0 Å². The molecule has 0 aliphatic carbocycles. The number of hydrogen-bond acceptors (Lipinski definition) is 4. The molecule has 0 saturated carbocycles. The first-order valence-electron chi connectivity index (χ1n) is 10.7. The molecular formula is C25H26ClN3O3S. The molecule has 3 aromatic rings. The lowest BCUT2D eigenvalue weighted by molar-refractivity contribution is 0.0746. The van der Waals surface area contributed by atoms with Gasteiger partial charge in [-0.25, -0.2) is 8.42 Å². The van der Waals surface area contributed by atoms with Gasteiger partial charge in [0.05, 0.1) is 10.6 Å². The van der Waals surface area contributed by atoms with Crippen molar-refractivity contribution < 1.29 is 13.2 Å². The fraction of sp³-hybridized carbons (Fsp3) is 0.240. The molecule has 8 heteroatoms. The molecule has 1 heterocycles. The number of benzene rings is 3. The summed E-state index contributed by atoms with van der Waals surface area (Å²) >= 11 is 5.97. The molecule has 0 N–H and O–H groups in total. The van der Waals surface area contributed by atoms with E-state index in [-0.39, 0.29) is 10.8 Å². The van der Waals surface area contributed by atoms with Gasteiger partial charge in [0.25, 0.3) is 15.9 Å². The number of amides is 1. The summed E-state index contributed by atoms with van der Waals surface area (Å²) in [7, 11) is -2.28. The van der Waals surface area contributed by atoms with Crippen molar-refractivity contribution in [2.45, 2.75) is 11.8 Å². The molecule has 0 bridgehead atoms. The van der Waals surface area contributed by atoms with Gasteiger partial charge in [-0.1, -0.05) is 35.4 Å². The highest BCUT2D eigenvalue weighted by Crippen LogP contribution is 2.24. The van der Waals surface area contributed by atoms with E-state index in [4.69, 9.17) is 11.6 Å². The summed E-state index contributed by atoms with van der Waals surface area (Å²) in [5.74, 6) is -0.166. The van der Waals surface area contributed by atoms with Crippen molar-refractivity contribution in [2.24, 2.45) is 0 Å². The monoisotopic (exact) mass is 483 g/mol. The molecule has 3 aromatic carbocycles. The average molecular weight is 484 g/mol. The molecule has 172 valence electrons. The van der Waals surface area contributed by atoms with E-state index in [1.165, 1.54) is 23.5 Å². The highest BCUT2D eigenvalue weighted by Gasteiger charge is 2.26. The molecule has 1 fully saturated rings. The number of piperazine rings is 1. The Morgan fingerprint density at radius 3 is 2.18 bits per heavy atom. The van der Waals surface area contributed by atoms with E-state index in [1.54, 1.807) is 29.2 Å². The zero-order valence-electron chi connectivity index (χ0n) is 18.6. The number of carbonyl (C=O) groups is 1. The van der Waals surface area contributed by atoms with Gasteiger partial charge in [0.2, 0.25) is 0 Å². The second kappa shape index (κ2) is 9.45. The Balaban J connectivity index is 1.47. The fourth-order valence-corrected chi connectivity index (χ4v) is 5.21. The Labute approximate surface area is 200 Å². The van der Waals surface area contributed by atoms with Gasteiger partial charge in [-0.05, 0) is 61.5 Å². The Kier molecular flexibility index (Phi) is 6.63. The smallest absolute Gasteiger partial charge is 0.264 e. The number of rotatable bonds is 5. The van der Waals surface area contributed by atoms with Crippen LogP contribution in [0.4, 0.5) is 11.4 Å². The van der Waals surface area contributed by atoms with E-state index in [1.807, 2.05) is 43.3 Å². The number of halogens is 1. The van der Waals surface area contributed by atoms with Crippen LogP contribution < -0.4 is 9.21 Å². The maximum absolute atomic E-state index is 13.2. The van der Waals surface area contributed by atoms with Gasteiger partial charge >= 0.3 is 0 Å². The van der Waals surface area contributed by atoms with Crippen LogP contribution in [0.2, 0.25) is 5.02 Å². The predicted octanol–water partition coefficient (Wildman–Crippen LogP) is 4.44. The molecule has 0 unspecified atom stereocenters. The Morgan fingerprint density at radius 2 is 1.55 bits per heavy atom. The Hall–Kier alpha value is -3.03. The van der Waals surface area contributed by atoms with E-state index in [0.29, 0.717) is 42.5 Å². The molecule has 6 nitrogen and oxygen atoms in total. The number of anilines is 2. The van der Waals surface area contributed by atoms with Crippen molar-refractivity contribution in [1.82, 2.24) is 4.90 Å². The fourth-order valence-electron chi connectivity index (χ4n) is 3.84. The third-order valence-electron chi connectivity index (χ3n) is 5.90. The van der Waals surface area contributed by atoms with Gasteiger partial charge in [-0.3, -0.25) is 9.10 Å². The lowest BCUT2D eigenvalue weighted by atomic mass is 10.1. The first kappa shape index (κ1) is 23.1. The summed E-state index contributed by atoms with van der Waals surface area (Å²) in [6.07, 6.45) is 0. The van der Waals surface area contributed by atoms with Gasteiger partial charge in [0.15, 0.2) is 0 Å². The molecule has 1 saturated heterocycles. The molecule has 1 amide bonds. The maximum Gasteiger partial charge on any atom is 0.264 e. The highest BCUT2D eigenvalue weighted by atomic mass is 35.5. The van der Waals surface area contributed by atoms with E-state index in [2.05, 4.69) is 4.90 Å². The van der Waals surface area contributed by atoms with Crippen LogP contribution in [-0.2, 0) is 10.0 Å². The topological polar surface area (TPSA) is 60.9 Å². The summed E-state index contributed by atoms with van der Waals surface area (Å²) in [4.78, 5) is 17.2. The van der Waals surface area contributed by atoms with E-state index in [9.17, 15) is 13.2 Å². The summed E-state index contributed by atoms with van der Waals surface area (Å²) in [6, 6.07) is 21.2. The van der Waals surface area contributed by atoms with Crippen LogP contribution in [0.1, 0.15) is 15.9 Å². The van der Waals surface area contributed by atoms with Gasteiger partial charge in [-0.2, -0.15) is 0 Å². The lowest BCUT2D eigenvalue weighted by Crippen LogP contribution is -2.48. The van der Waals surface area contributed by atoms with Crippen molar-refractivity contribution in [3.05, 3.63) is 88.9 Å². The van der Waals surface area contributed by atoms with E-state index in [0.717, 1.165) is 11.3 Å². The highest BCUT2D eigenvalue weighted by molar-refractivity contribution is 7.92. The van der Waals surface area contributed by atoms with Crippen molar-refractivity contribution in [1.29, 1.82) is 0 Å². The number of aryl methyl sites for hydroxylation is 1. The molecule has 33 heavy (non-hydrogen) atoms. The van der Waals surface area contributed by atoms with Crippen molar-refractivity contribution >= 4 is 38.9 Å². The molecule has 0 radical (unpaired) electrons. The number of sulfonamides is 1. The zero-order chi connectivity index (χ0) is 23.6. The quantitative estimate of drug-likeness (QED) is 0.538. The number of nitrogens with zero attached hydrogens (tertiary/aromatic N) is 3. The zero-order valence-corrected chi connectivity index (χ0v) is 20.2. The van der Waals surface area contributed by atoms with Crippen LogP contribution in [0, 0.1) is 6.92 Å². The third-order valence-corrected chi connectivity index (χ3v) is 7.93. The summed E-state index contributed by atoms with van der Waals surface area (Å²) in [5.41, 5.74) is 3.05. The van der Waals surface area contributed by atoms with Crippen LogP contribution in [0.5, 0.6) is 0 Å². The van der Waals surface area contributed by atoms with Crippen LogP contribution in [0.3, 0.4) is 0 Å². The largest absolute Gasteiger partial charge is 0.368 e. The third kappa shape index (κ3) is 4.99. The lowest BCUT2D eigenvalue weighted by Gasteiger charge is -2.36. The van der Waals surface area contributed by atoms with E-state index >= 15 is 0 Å². The molecule has 0 aromatic heterocycles.